The summed E-state index contributed by atoms with van der Waals surface area (Å²) >= 11 is 6.20. The summed E-state index contributed by atoms with van der Waals surface area (Å²) in [7, 11) is -4.12. The zero-order valence-corrected chi connectivity index (χ0v) is 23.5. The number of nitrogens with one attached hydrogen (secondary N) is 1. The third-order valence-corrected chi connectivity index (χ3v) is 8.31. The number of carbonyl (C=O) groups is 2. The lowest BCUT2D eigenvalue weighted by molar-refractivity contribution is -0.140. The monoisotopic (exact) mass is 555 g/mol. The van der Waals surface area contributed by atoms with Gasteiger partial charge in [0, 0.05) is 17.6 Å². The van der Waals surface area contributed by atoms with Gasteiger partial charge in [0.1, 0.15) is 12.6 Å². The molecule has 38 heavy (non-hydrogen) atoms. The molecule has 0 saturated carbocycles. The van der Waals surface area contributed by atoms with Gasteiger partial charge in [-0.1, -0.05) is 80.0 Å². The Morgan fingerprint density at radius 1 is 0.895 bits per heavy atom. The molecule has 0 saturated heterocycles. The number of hydrogen-bond acceptors (Lipinski definition) is 4. The maximum atomic E-state index is 14.0. The first-order valence-corrected chi connectivity index (χ1v) is 14.5. The molecule has 3 rings (SSSR count). The number of anilines is 1. The van der Waals surface area contributed by atoms with Crippen molar-refractivity contribution in [3.63, 3.8) is 0 Å². The van der Waals surface area contributed by atoms with Gasteiger partial charge in [-0.2, -0.15) is 0 Å². The lowest BCUT2D eigenvalue weighted by atomic mass is 10.1. The number of amides is 2. The van der Waals surface area contributed by atoms with Crippen LogP contribution in [0.2, 0.25) is 5.02 Å². The predicted octanol–water partition coefficient (Wildman–Crippen LogP) is 5.26. The molecule has 0 spiro atoms. The summed E-state index contributed by atoms with van der Waals surface area (Å²) < 4.78 is 28.6. The topological polar surface area (TPSA) is 86.8 Å². The van der Waals surface area contributed by atoms with Crippen molar-refractivity contribution in [1.82, 2.24) is 10.2 Å². The van der Waals surface area contributed by atoms with Crippen LogP contribution in [0.5, 0.6) is 0 Å². The van der Waals surface area contributed by atoms with Crippen LogP contribution in [0.25, 0.3) is 0 Å². The Balaban J connectivity index is 2.03. The molecule has 0 aliphatic carbocycles. The highest BCUT2D eigenvalue weighted by molar-refractivity contribution is 7.92. The van der Waals surface area contributed by atoms with E-state index in [1.54, 1.807) is 36.4 Å². The van der Waals surface area contributed by atoms with Crippen LogP contribution in [0.15, 0.2) is 89.8 Å². The molecule has 3 aromatic carbocycles. The second-order valence-electron chi connectivity index (χ2n) is 9.05. The van der Waals surface area contributed by atoms with Crippen molar-refractivity contribution in [3.8, 4) is 0 Å². The highest BCUT2D eigenvalue weighted by Gasteiger charge is 2.34. The summed E-state index contributed by atoms with van der Waals surface area (Å²) in [6.45, 7) is 5.36. The lowest BCUT2D eigenvalue weighted by Crippen LogP contribution is -2.53. The highest BCUT2D eigenvalue weighted by Crippen LogP contribution is 2.27. The summed E-state index contributed by atoms with van der Waals surface area (Å²) in [4.78, 5) is 28.7. The molecule has 0 aromatic heterocycles. The Morgan fingerprint density at radius 2 is 1.53 bits per heavy atom. The van der Waals surface area contributed by atoms with Crippen molar-refractivity contribution >= 4 is 39.1 Å². The van der Waals surface area contributed by atoms with E-state index < -0.39 is 28.5 Å². The number of nitrogens with zero attached hydrogens (tertiary/aromatic N) is 2. The lowest BCUT2D eigenvalue weighted by Gasteiger charge is -2.33. The van der Waals surface area contributed by atoms with Crippen molar-refractivity contribution in [3.05, 3.63) is 95.5 Å². The summed E-state index contributed by atoms with van der Waals surface area (Å²) in [5.41, 5.74) is 1.09. The number of rotatable bonds is 12. The fourth-order valence-corrected chi connectivity index (χ4v) is 5.63. The Kier molecular flexibility index (Phi) is 10.3. The molecule has 0 aliphatic heterocycles. The Morgan fingerprint density at radius 3 is 2.11 bits per heavy atom. The van der Waals surface area contributed by atoms with E-state index in [-0.39, 0.29) is 29.1 Å². The Hall–Kier alpha value is -3.36. The Bertz CT molecular complexity index is 1320. The minimum Gasteiger partial charge on any atom is -0.352 e. The fourth-order valence-electron chi connectivity index (χ4n) is 4.02. The van der Waals surface area contributed by atoms with E-state index in [9.17, 15) is 18.0 Å². The van der Waals surface area contributed by atoms with Gasteiger partial charge in [-0.05, 0) is 55.7 Å². The fraction of sp³-hybridized carbons (Fsp3) is 0.310. The largest absolute Gasteiger partial charge is 0.352 e. The summed E-state index contributed by atoms with van der Waals surface area (Å²) in [6.07, 6.45) is 1.11. The first kappa shape index (κ1) is 29.2. The Labute approximate surface area is 230 Å². The van der Waals surface area contributed by atoms with E-state index in [4.69, 9.17) is 11.6 Å². The molecule has 2 amide bonds. The predicted molar refractivity (Wildman–Crippen MR) is 151 cm³/mol. The van der Waals surface area contributed by atoms with Crippen molar-refractivity contribution in [2.45, 2.75) is 57.1 Å². The van der Waals surface area contributed by atoms with Crippen LogP contribution in [0.4, 0.5) is 5.69 Å². The molecule has 202 valence electrons. The van der Waals surface area contributed by atoms with Crippen molar-refractivity contribution < 1.29 is 18.0 Å². The SMILES string of the molecule is CC[C@H](C(=O)N[C@@H](C)CC)N(Cc1ccccc1)C(=O)CN(c1cccc(Cl)c1)S(=O)(=O)c1ccccc1. The van der Waals surface area contributed by atoms with Gasteiger partial charge in [0.25, 0.3) is 10.0 Å². The van der Waals surface area contributed by atoms with Crippen LogP contribution in [-0.2, 0) is 26.2 Å². The van der Waals surface area contributed by atoms with E-state index in [1.807, 2.05) is 51.1 Å². The molecule has 0 heterocycles. The maximum absolute atomic E-state index is 14.0. The maximum Gasteiger partial charge on any atom is 0.264 e. The standard InChI is InChI=1S/C29H34ClN3O4S/c1-4-22(3)31-29(35)27(5-2)32(20-23-13-8-6-9-14-23)28(34)21-33(25-16-12-15-24(30)19-25)38(36,37)26-17-10-7-11-18-26/h6-19,22,27H,4-5,20-21H2,1-3H3,(H,31,35)/t22-,27+/m0/s1. The minimum absolute atomic E-state index is 0.0453. The number of sulfonamides is 1. The molecule has 7 nitrogen and oxygen atoms in total. The van der Waals surface area contributed by atoms with E-state index in [2.05, 4.69) is 5.32 Å². The van der Waals surface area contributed by atoms with Crippen LogP contribution in [0.3, 0.4) is 0 Å². The van der Waals surface area contributed by atoms with Gasteiger partial charge in [0.2, 0.25) is 11.8 Å². The van der Waals surface area contributed by atoms with Gasteiger partial charge in [-0.15, -0.1) is 0 Å². The summed E-state index contributed by atoms with van der Waals surface area (Å²) in [6, 6.07) is 22.8. The zero-order valence-electron chi connectivity index (χ0n) is 21.9. The molecule has 0 bridgehead atoms. The van der Waals surface area contributed by atoms with Crippen molar-refractivity contribution in [1.29, 1.82) is 0 Å². The van der Waals surface area contributed by atoms with Crippen molar-refractivity contribution in [2.24, 2.45) is 0 Å². The second kappa shape index (κ2) is 13.4. The van der Waals surface area contributed by atoms with E-state index in [0.29, 0.717) is 11.4 Å². The third-order valence-electron chi connectivity index (χ3n) is 6.29. The third kappa shape index (κ3) is 7.36. The van der Waals surface area contributed by atoms with Crippen LogP contribution < -0.4 is 9.62 Å². The smallest absolute Gasteiger partial charge is 0.264 e. The molecule has 9 heteroatoms. The first-order chi connectivity index (χ1) is 18.2. The van der Waals surface area contributed by atoms with Gasteiger partial charge < -0.3 is 10.2 Å². The van der Waals surface area contributed by atoms with E-state index >= 15 is 0 Å². The van der Waals surface area contributed by atoms with Crippen LogP contribution >= 0.6 is 11.6 Å². The van der Waals surface area contributed by atoms with Gasteiger partial charge >= 0.3 is 0 Å². The van der Waals surface area contributed by atoms with Crippen LogP contribution in [0, 0.1) is 0 Å². The molecular weight excluding hydrogens is 522 g/mol. The van der Waals surface area contributed by atoms with E-state index in [0.717, 1.165) is 16.3 Å². The number of halogens is 1. The number of carbonyl (C=O) groups excluding carboxylic acids is 2. The van der Waals surface area contributed by atoms with Gasteiger partial charge in [0.05, 0.1) is 10.6 Å². The van der Waals surface area contributed by atoms with E-state index in [1.165, 1.54) is 23.1 Å². The quantitative estimate of drug-likeness (QED) is 0.330. The molecule has 2 atom stereocenters. The van der Waals surface area contributed by atoms with Gasteiger partial charge in [-0.25, -0.2) is 8.42 Å². The summed E-state index contributed by atoms with van der Waals surface area (Å²) in [5.74, 6) is -0.772. The van der Waals surface area contributed by atoms with Gasteiger partial charge in [-0.3, -0.25) is 13.9 Å². The average Bonchev–Trinajstić information content (AvgIpc) is 2.92. The average molecular weight is 556 g/mol. The van der Waals surface area contributed by atoms with Gasteiger partial charge in [0.15, 0.2) is 0 Å². The zero-order chi connectivity index (χ0) is 27.7. The summed E-state index contributed by atoms with van der Waals surface area (Å²) in [5, 5.41) is 3.30. The number of hydrogen-bond donors (Lipinski definition) is 1. The highest BCUT2D eigenvalue weighted by atomic mass is 35.5. The van der Waals surface area contributed by atoms with Crippen LogP contribution in [0.1, 0.15) is 39.2 Å². The first-order valence-electron chi connectivity index (χ1n) is 12.6. The molecular formula is C29H34ClN3O4S. The minimum atomic E-state index is -4.12. The van der Waals surface area contributed by atoms with Crippen molar-refractivity contribution in [2.75, 3.05) is 10.8 Å². The molecule has 0 radical (unpaired) electrons. The molecule has 3 aromatic rings. The molecule has 0 aliphatic rings. The molecule has 0 fully saturated rings. The molecule has 0 unspecified atom stereocenters. The normalized spacial score (nSPS) is 12.8. The number of benzene rings is 3. The van der Waals surface area contributed by atoms with Crippen LogP contribution in [-0.4, -0.2) is 43.8 Å². The molecule has 1 N–H and O–H groups in total. The second-order valence-corrected chi connectivity index (χ2v) is 11.4.